The molecule has 0 aliphatic rings. The lowest BCUT2D eigenvalue weighted by Gasteiger charge is -2.15. The van der Waals surface area contributed by atoms with Crippen LogP contribution in [0.3, 0.4) is 0 Å². The van der Waals surface area contributed by atoms with Crippen molar-refractivity contribution in [2.45, 2.75) is 39.3 Å². The Bertz CT molecular complexity index is 965. The first-order chi connectivity index (χ1) is 13.2. The number of aromatic nitrogens is 2. The highest BCUT2D eigenvalue weighted by atomic mass is 79.9. The number of halogens is 2. The average molecular weight is 461 g/mol. The summed E-state index contributed by atoms with van der Waals surface area (Å²) in [7, 11) is -1.11. The minimum atomic E-state index is -1.11. The van der Waals surface area contributed by atoms with Gasteiger partial charge < -0.3 is 4.74 Å². The average Bonchev–Trinajstić information content (AvgIpc) is 2.98. The minimum Gasteiger partial charge on any atom is -0.360 e. The van der Waals surface area contributed by atoms with E-state index in [0.717, 1.165) is 45.1 Å². The van der Waals surface area contributed by atoms with Crippen LogP contribution in [0.2, 0.25) is 25.7 Å². The van der Waals surface area contributed by atoms with Crippen molar-refractivity contribution in [3.05, 3.63) is 64.5 Å². The zero-order valence-corrected chi connectivity index (χ0v) is 19.4. The molecule has 0 aliphatic heterocycles. The number of hydrogen-bond acceptors (Lipinski definition) is 2. The zero-order valence-electron chi connectivity index (χ0n) is 16.8. The van der Waals surface area contributed by atoms with Crippen LogP contribution in [0, 0.1) is 12.7 Å². The Hall–Kier alpha value is -1.76. The van der Waals surface area contributed by atoms with E-state index in [1.807, 2.05) is 43.5 Å². The molecular formula is C22H26BrFN2OSi. The van der Waals surface area contributed by atoms with Gasteiger partial charge in [0.1, 0.15) is 12.5 Å². The van der Waals surface area contributed by atoms with Crippen molar-refractivity contribution in [1.82, 2.24) is 9.78 Å². The van der Waals surface area contributed by atoms with E-state index in [-0.39, 0.29) is 5.82 Å². The highest BCUT2D eigenvalue weighted by Crippen LogP contribution is 2.34. The lowest BCUT2D eigenvalue weighted by Crippen LogP contribution is -2.22. The van der Waals surface area contributed by atoms with Crippen molar-refractivity contribution in [2.24, 2.45) is 0 Å². The third-order valence-electron chi connectivity index (χ3n) is 4.54. The number of nitrogens with zero attached hydrogens (tertiary/aromatic N) is 2. The molecule has 0 amide bonds. The van der Waals surface area contributed by atoms with Crippen molar-refractivity contribution in [2.75, 3.05) is 6.61 Å². The van der Waals surface area contributed by atoms with Crippen LogP contribution in [0.1, 0.15) is 5.56 Å². The van der Waals surface area contributed by atoms with E-state index in [2.05, 4.69) is 40.7 Å². The predicted molar refractivity (Wildman–Crippen MR) is 120 cm³/mol. The van der Waals surface area contributed by atoms with Crippen LogP contribution in [-0.2, 0) is 11.5 Å². The largest absolute Gasteiger partial charge is 0.360 e. The van der Waals surface area contributed by atoms with E-state index < -0.39 is 8.07 Å². The summed E-state index contributed by atoms with van der Waals surface area (Å²) >= 11 is 3.51. The van der Waals surface area contributed by atoms with Crippen LogP contribution in [0.5, 0.6) is 0 Å². The van der Waals surface area contributed by atoms with E-state index in [9.17, 15) is 4.39 Å². The number of rotatable bonds is 7. The summed E-state index contributed by atoms with van der Waals surface area (Å²) in [4.78, 5) is 0. The Labute approximate surface area is 175 Å². The summed E-state index contributed by atoms with van der Waals surface area (Å²) < 4.78 is 22.7. The van der Waals surface area contributed by atoms with Crippen molar-refractivity contribution in [3.8, 4) is 22.4 Å². The molecular weight excluding hydrogens is 435 g/mol. The molecule has 3 rings (SSSR count). The monoisotopic (exact) mass is 460 g/mol. The fourth-order valence-corrected chi connectivity index (χ4v) is 4.17. The molecule has 0 atom stereocenters. The minimum absolute atomic E-state index is 0.269. The van der Waals surface area contributed by atoms with Crippen molar-refractivity contribution in [3.63, 3.8) is 0 Å². The van der Waals surface area contributed by atoms with Gasteiger partial charge in [0, 0.05) is 30.9 Å². The molecule has 0 saturated heterocycles. The fourth-order valence-electron chi connectivity index (χ4n) is 3.01. The first kappa shape index (κ1) is 21.0. The van der Waals surface area contributed by atoms with Gasteiger partial charge >= 0.3 is 0 Å². The third-order valence-corrected chi connectivity index (χ3v) is 6.73. The van der Waals surface area contributed by atoms with Crippen LogP contribution >= 0.6 is 15.9 Å². The van der Waals surface area contributed by atoms with Gasteiger partial charge in [0.05, 0.1) is 5.69 Å². The second kappa shape index (κ2) is 8.72. The molecule has 0 radical (unpaired) electrons. The van der Waals surface area contributed by atoms with E-state index in [1.165, 1.54) is 6.07 Å². The molecule has 28 heavy (non-hydrogen) atoms. The third kappa shape index (κ3) is 5.40. The van der Waals surface area contributed by atoms with E-state index in [4.69, 9.17) is 4.74 Å². The van der Waals surface area contributed by atoms with E-state index in [0.29, 0.717) is 6.73 Å². The zero-order chi connectivity index (χ0) is 20.3. The lowest BCUT2D eigenvalue weighted by molar-refractivity contribution is 0.0787. The summed E-state index contributed by atoms with van der Waals surface area (Å²) in [5.41, 5.74) is 4.54. The molecule has 3 nitrogen and oxygen atoms in total. The molecule has 0 aliphatic carbocycles. The SMILES string of the molecule is Cc1cn(COCC[Si](C)(C)C)nc1-c1cc(F)ccc1-c1cccc(Br)c1. The van der Waals surface area contributed by atoms with Gasteiger partial charge in [0.25, 0.3) is 0 Å². The van der Waals surface area contributed by atoms with Gasteiger partial charge in [-0.15, -0.1) is 0 Å². The maximum absolute atomic E-state index is 14.1. The first-order valence-corrected chi connectivity index (χ1v) is 13.9. The molecule has 0 saturated carbocycles. The molecule has 148 valence electrons. The molecule has 1 heterocycles. The summed E-state index contributed by atoms with van der Waals surface area (Å²) in [5.74, 6) is -0.269. The molecule has 2 aromatic carbocycles. The topological polar surface area (TPSA) is 27.1 Å². The lowest BCUT2D eigenvalue weighted by atomic mass is 9.96. The molecule has 0 N–H and O–H groups in total. The standard InChI is InChI=1S/C22H26BrFN2OSi/c1-16-14-26(15-27-10-11-28(2,3)4)25-22(16)21-13-19(24)8-9-20(21)17-6-5-7-18(23)12-17/h5-9,12-14H,10-11,15H2,1-4H3. The quantitative estimate of drug-likeness (QED) is 0.288. The molecule has 3 aromatic rings. The van der Waals surface area contributed by atoms with Crippen molar-refractivity contribution in [1.29, 1.82) is 0 Å². The van der Waals surface area contributed by atoms with Crippen molar-refractivity contribution < 1.29 is 9.13 Å². The van der Waals surface area contributed by atoms with E-state index >= 15 is 0 Å². The van der Waals surface area contributed by atoms with Gasteiger partial charge in [-0.05, 0) is 53.9 Å². The maximum atomic E-state index is 14.1. The second-order valence-electron chi connectivity index (χ2n) is 8.25. The number of hydrogen-bond donors (Lipinski definition) is 0. The van der Waals surface area contributed by atoms with Gasteiger partial charge in [-0.25, -0.2) is 9.07 Å². The number of aryl methyl sites for hydroxylation is 1. The van der Waals surface area contributed by atoms with Gasteiger partial charge in [-0.2, -0.15) is 5.10 Å². The Balaban J connectivity index is 1.88. The van der Waals surface area contributed by atoms with Crippen LogP contribution in [0.4, 0.5) is 4.39 Å². The number of benzene rings is 2. The maximum Gasteiger partial charge on any atom is 0.139 e. The smallest absolute Gasteiger partial charge is 0.139 e. The normalized spacial score (nSPS) is 11.8. The predicted octanol–water partition coefficient (Wildman–Crippen LogP) is 6.74. The Morgan fingerprint density at radius 2 is 1.89 bits per heavy atom. The van der Waals surface area contributed by atoms with E-state index in [1.54, 1.807) is 10.7 Å². The van der Waals surface area contributed by atoms with Crippen LogP contribution < -0.4 is 0 Å². The van der Waals surface area contributed by atoms with Crippen LogP contribution in [0.25, 0.3) is 22.4 Å². The molecule has 0 fully saturated rings. The Morgan fingerprint density at radius 1 is 1.11 bits per heavy atom. The van der Waals surface area contributed by atoms with Gasteiger partial charge in [0.2, 0.25) is 0 Å². The highest BCUT2D eigenvalue weighted by molar-refractivity contribution is 9.10. The number of ether oxygens (including phenoxy) is 1. The second-order valence-corrected chi connectivity index (χ2v) is 14.8. The fraction of sp³-hybridized carbons (Fsp3) is 0.318. The molecule has 0 unspecified atom stereocenters. The summed E-state index contributed by atoms with van der Waals surface area (Å²) in [6.45, 7) is 10.1. The Kier molecular flexibility index (Phi) is 6.53. The molecule has 0 bridgehead atoms. The van der Waals surface area contributed by atoms with Gasteiger partial charge in [-0.1, -0.05) is 53.8 Å². The van der Waals surface area contributed by atoms with Gasteiger partial charge in [-0.3, -0.25) is 0 Å². The van der Waals surface area contributed by atoms with Crippen LogP contribution in [0.15, 0.2) is 53.1 Å². The van der Waals surface area contributed by atoms with Gasteiger partial charge in [0.15, 0.2) is 0 Å². The molecule has 0 spiro atoms. The van der Waals surface area contributed by atoms with Crippen molar-refractivity contribution >= 4 is 24.0 Å². The van der Waals surface area contributed by atoms with Crippen LogP contribution in [-0.4, -0.2) is 24.5 Å². The highest BCUT2D eigenvalue weighted by Gasteiger charge is 2.16. The first-order valence-electron chi connectivity index (χ1n) is 9.40. The molecule has 1 aromatic heterocycles. The summed E-state index contributed by atoms with van der Waals surface area (Å²) in [5, 5.41) is 4.69. The summed E-state index contributed by atoms with van der Waals surface area (Å²) in [6, 6.07) is 14.0. The molecule has 6 heteroatoms. The summed E-state index contributed by atoms with van der Waals surface area (Å²) in [6.07, 6.45) is 1.96. The Morgan fingerprint density at radius 3 is 2.61 bits per heavy atom.